The highest BCUT2D eigenvalue weighted by Crippen LogP contribution is 2.39. The van der Waals surface area contributed by atoms with Gasteiger partial charge >= 0.3 is 6.09 Å². The predicted octanol–water partition coefficient (Wildman–Crippen LogP) is 4.48. The van der Waals surface area contributed by atoms with Crippen molar-refractivity contribution in [2.75, 3.05) is 6.54 Å². The summed E-state index contributed by atoms with van der Waals surface area (Å²) in [7, 11) is 0. The van der Waals surface area contributed by atoms with E-state index in [9.17, 15) is 9.18 Å². The van der Waals surface area contributed by atoms with Gasteiger partial charge < -0.3 is 15.4 Å². The second-order valence-corrected chi connectivity index (χ2v) is 8.00. The normalized spacial score (nSPS) is 24.1. The molecule has 4 nitrogen and oxygen atoms in total. The number of benzene rings is 1. The molecule has 1 aliphatic heterocycles. The van der Waals surface area contributed by atoms with Crippen LogP contribution in [0.25, 0.3) is 0 Å². The minimum atomic E-state index is -0.572. The molecule has 0 bridgehead atoms. The topological polar surface area (TPSA) is 55.6 Å². The number of nitrogens with zero attached hydrogens (tertiary/aromatic N) is 1. The van der Waals surface area contributed by atoms with E-state index < -0.39 is 11.1 Å². The Bertz CT molecular complexity index is 654. The van der Waals surface area contributed by atoms with Crippen molar-refractivity contribution < 1.29 is 13.9 Å². The SMILES string of the molecule is C=CC[C@@]1(N)CCN(C(=O)OC(C)(C)C)[C@@H](c2ccc(F)cc2C)C1. The fraction of sp³-hybridized carbons (Fsp3) is 0.550. The molecule has 1 aromatic rings. The predicted molar refractivity (Wildman–Crippen MR) is 97.8 cm³/mol. The van der Waals surface area contributed by atoms with Crippen LogP contribution in [0.15, 0.2) is 30.9 Å². The molecule has 0 saturated carbocycles. The van der Waals surface area contributed by atoms with Crippen LogP contribution in [0.3, 0.4) is 0 Å². The fourth-order valence-corrected chi connectivity index (χ4v) is 3.40. The molecule has 25 heavy (non-hydrogen) atoms. The molecular weight excluding hydrogens is 319 g/mol. The summed E-state index contributed by atoms with van der Waals surface area (Å²) in [6, 6.07) is 4.42. The number of aryl methyl sites for hydroxylation is 1. The lowest BCUT2D eigenvalue weighted by Crippen LogP contribution is -2.53. The van der Waals surface area contributed by atoms with Gasteiger partial charge in [-0.2, -0.15) is 0 Å². The van der Waals surface area contributed by atoms with Crippen LogP contribution >= 0.6 is 0 Å². The summed E-state index contributed by atoms with van der Waals surface area (Å²) in [6.45, 7) is 11.7. The quantitative estimate of drug-likeness (QED) is 0.820. The summed E-state index contributed by atoms with van der Waals surface area (Å²) in [5.74, 6) is -0.286. The number of likely N-dealkylation sites (tertiary alicyclic amines) is 1. The maximum absolute atomic E-state index is 13.5. The highest BCUT2D eigenvalue weighted by Gasteiger charge is 2.41. The van der Waals surface area contributed by atoms with Crippen LogP contribution in [0.4, 0.5) is 9.18 Å². The van der Waals surface area contributed by atoms with E-state index in [2.05, 4.69) is 6.58 Å². The van der Waals surface area contributed by atoms with Crippen LogP contribution in [0.1, 0.15) is 57.2 Å². The molecule has 138 valence electrons. The van der Waals surface area contributed by atoms with Crippen LogP contribution in [-0.2, 0) is 4.74 Å². The number of carbonyl (C=O) groups is 1. The number of nitrogens with two attached hydrogens (primary N) is 1. The first-order valence-electron chi connectivity index (χ1n) is 8.70. The van der Waals surface area contributed by atoms with Gasteiger partial charge in [0.1, 0.15) is 11.4 Å². The molecule has 0 radical (unpaired) electrons. The van der Waals surface area contributed by atoms with Gasteiger partial charge in [0, 0.05) is 12.1 Å². The maximum atomic E-state index is 13.5. The lowest BCUT2D eigenvalue weighted by Gasteiger charge is -2.45. The van der Waals surface area contributed by atoms with Crippen molar-refractivity contribution in [1.29, 1.82) is 0 Å². The lowest BCUT2D eigenvalue weighted by molar-refractivity contribution is 0.00172. The molecule has 0 unspecified atom stereocenters. The molecule has 2 N–H and O–H groups in total. The van der Waals surface area contributed by atoms with E-state index in [1.807, 2.05) is 33.8 Å². The summed E-state index contributed by atoms with van der Waals surface area (Å²) in [5, 5.41) is 0. The van der Waals surface area contributed by atoms with Crippen LogP contribution in [0, 0.1) is 12.7 Å². The molecule has 0 aromatic heterocycles. The second kappa shape index (κ2) is 7.16. The number of hydrogen-bond acceptors (Lipinski definition) is 3. The maximum Gasteiger partial charge on any atom is 0.410 e. The molecule has 2 atom stereocenters. The first kappa shape index (κ1) is 19.4. The molecule has 1 fully saturated rings. The van der Waals surface area contributed by atoms with Gasteiger partial charge in [-0.25, -0.2) is 9.18 Å². The highest BCUT2D eigenvalue weighted by molar-refractivity contribution is 5.69. The van der Waals surface area contributed by atoms with Gasteiger partial charge in [-0.3, -0.25) is 0 Å². The van der Waals surface area contributed by atoms with Crippen LogP contribution in [0.5, 0.6) is 0 Å². The number of hydrogen-bond donors (Lipinski definition) is 1. The number of piperidine rings is 1. The first-order chi connectivity index (χ1) is 11.5. The Morgan fingerprint density at radius 3 is 2.76 bits per heavy atom. The second-order valence-electron chi connectivity index (χ2n) is 8.00. The molecule has 0 spiro atoms. The minimum absolute atomic E-state index is 0.242. The van der Waals surface area contributed by atoms with Crippen molar-refractivity contribution in [1.82, 2.24) is 4.90 Å². The smallest absolute Gasteiger partial charge is 0.410 e. The third-order valence-corrected chi connectivity index (χ3v) is 4.60. The number of amides is 1. The number of ether oxygens (including phenoxy) is 1. The van der Waals surface area contributed by atoms with Gasteiger partial charge in [0.2, 0.25) is 0 Å². The molecule has 1 amide bonds. The van der Waals surface area contributed by atoms with Crippen molar-refractivity contribution in [2.45, 2.75) is 64.1 Å². The van der Waals surface area contributed by atoms with E-state index in [1.54, 1.807) is 11.0 Å². The largest absolute Gasteiger partial charge is 0.444 e. The zero-order chi connectivity index (χ0) is 18.8. The molecule has 2 rings (SSSR count). The van der Waals surface area contributed by atoms with Gasteiger partial charge in [0.05, 0.1) is 6.04 Å². The molecule has 1 aliphatic rings. The average Bonchev–Trinajstić information content (AvgIpc) is 2.45. The van der Waals surface area contributed by atoms with Crippen molar-refractivity contribution in [3.63, 3.8) is 0 Å². The first-order valence-corrected chi connectivity index (χ1v) is 8.70. The van der Waals surface area contributed by atoms with Crippen LogP contribution < -0.4 is 5.73 Å². The van der Waals surface area contributed by atoms with Crippen LogP contribution in [0.2, 0.25) is 0 Å². The molecule has 1 aromatic carbocycles. The Morgan fingerprint density at radius 2 is 2.20 bits per heavy atom. The fourth-order valence-electron chi connectivity index (χ4n) is 3.40. The standard InChI is InChI=1S/C20H29FN2O2/c1-6-9-20(22)10-11-23(18(24)25-19(3,4)5)17(13-20)16-8-7-15(21)12-14(16)2/h6-8,12,17H,1,9-11,13,22H2,2-5H3/t17-,20-/m1/s1. The van der Waals surface area contributed by atoms with Crippen molar-refractivity contribution in [3.8, 4) is 0 Å². The van der Waals surface area contributed by atoms with E-state index >= 15 is 0 Å². The Balaban J connectivity index is 2.37. The highest BCUT2D eigenvalue weighted by atomic mass is 19.1. The van der Waals surface area contributed by atoms with Gasteiger partial charge in [-0.05, 0) is 70.2 Å². The molecule has 5 heteroatoms. The summed E-state index contributed by atoms with van der Waals surface area (Å²) in [5.41, 5.74) is 7.26. The summed E-state index contributed by atoms with van der Waals surface area (Å²) in [6.07, 6.45) is 3.39. The zero-order valence-electron chi connectivity index (χ0n) is 15.6. The van der Waals surface area contributed by atoms with Crippen molar-refractivity contribution in [3.05, 3.63) is 47.8 Å². The van der Waals surface area contributed by atoms with Gasteiger partial charge in [0.15, 0.2) is 0 Å². The number of rotatable bonds is 3. The molecule has 0 aliphatic carbocycles. The average molecular weight is 348 g/mol. The van der Waals surface area contributed by atoms with Crippen LogP contribution in [-0.4, -0.2) is 28.7 Å². The van der Waals surface area contributed by atoms with Crippen molar-refractivity contribution in [2.24, 2.45) is 5.73 Å². The number of carbonyl (C=O) groups excluding carboxylic acids is 1. The Hall–Kier alpha value is -1.88. The number of halogens is 1. The Kier molecular flexibility index (Phi) is 5.57. The van der Waals surface area contributed by atoms with Gasteiger partial charge in [-0.15, -0.1) is 6.58 Å². The van der Waals surface area contributed by atoms with Crippen molar-refractivity contribution >= 4 is 6.09 Å². The summed E-state index contributed by atoms with van der Waals surface area (Å²) in [4.78, 5) is 14.4. The van der Waals surface area contributed by atoms with E-state index in [1.165, 1.54) is 12.1 Å². The molecular formula is C20H29FN2O2. The third kappa shape index (κ3) is 4.82. The van der Waals surface area contributed by atoms with E-state index in [0.717, 1.165) is 11.1 Å². The monoisotopic (exact) mass is 348 g/mol. The van der Waals surface area contributed by atoms with E-state index in [4.69, 9.17) is 10.5 Å². The van der Waals surface area contributed by atoms with E-state index in [0.29, 0.717) is 25.8 Å². The van der Waals surface area contributed by atoms with Gasteiger partial charge in [0.25, 0.3) is 0 Å². The third-order valence-electron chi connectivity index (χ3n) is 4.60. The van der Waals surface area contributed by atoms with Gasteiger partial charge in [-0.1, -0.05) is 12.1 Å². The summed E-state index contributed by atoms with van der Waals surface area (Å²) < 4.78 is 19.1. The lowest BCUT2D eigenvalue weighted by atomic mass is 9.78. The Morgan fingerprint density at radius 1 is 1.52 bits per heavy atom. The Labute approximate surface area is 149 Å². The van der Waals surface area contributed by atoms with E-state index in [-0.39, 0.29) is 18.0 Å². The minimum Gasteiger partial charge on any atom is -0.444 e. The summed E-state index contributed by atoms with van der Waals surface area (Å²) >= 11 is 0. The zero-order valence-corrected chi connectivity index (χ0v) is 15.6. The molecule has 1 saturated heterocycles. The molecule has 1 heterocycles.